The molecule has 0 aliphatic carbocycles. The molecule has 2 heterocycles. The SMILES string of the molecule is COc1ccccc1N1C[C@H](NC(=O)CCc2ccnn2C)CC1=O. The van der Waals surface area contributed by atoms with Gasteiger partial charge in [0.25, 0.3) is 0 Å². The standard InChI is InChI=1S/C18H22N4O3/c1-21-14(9-10-19-21)7-8-17(23)20-13-11-18(24)22(12-13)15-5-3-4-6-16(15)25-2/h3-6,9-10,13H,7-8,11-12H2,1-2H3,(H,20,23)/t13-/m1/s1. The second-order valence-corrected chi connectivity index (χ2v) is 6.09. The molecule has 1 saturated heterocycles. The van der Waals surface area contributed by atoms with Gasteiger partial charge in [-0.15, -0.1) is 0 Å². The monoisotopic (exact) mass is 342 g/mol. The minimum absolute atomic E-state index is 0.0126. The van der Waals surface area contributed by atoms with Crippen LogP contribution < -0.4 is 15.0 Å². The van der Waals surface area contributed by atoms with Crippen LogP contribution in [0.1, 0.15) is 18.5 Å². The lowest BCUT2D eigenvalue weighted by molar-refractivity contribution is -0.121. The number of carbonyl (C=O) groups is 2. The highest BCUT2D eigenvalue weighted by atomic mass is 16.5. The molecule has 2 amide bonds. The molecule has 1 N–H and O–H groups in total. The summed E-state index contributed by atoms with van der Waals surface area (Å²) in [5.74, 6) is 0.585. The molecule has 1 aromatic carbocycles. The Morgan fingerprint density at radius 3 is 2.88 bits per heavy atom. The van der Waals surface area contributed by atoms with E-state index < -0.39 is 0 Å². The third-order valence-corrected chi connectivity index (χ3v) is 4.40. The van der Waals surface area contributed by atoms with Gasteiger partial charge in [-0.25, -0.2) is 0 Å². The van der Waals surface area contributed by atoms with Gasteiger partial charge in [0, 0.05) is 38.3 Å². The number of methoxy groups -OCH3 is 1. The Balaban J connectivity index is 1.57. The van der Waals surface area contributed by atoms with E-state index in [1.165, 1.54) is 0 Å². The van der Waals surface area contributed by atoms with Crippen molar-refractivity contribution in [1.82, 2.24) is 15.1 Å². The molecule has 7 heteroatoms. The fourth-order valence-electron chi connectivity index (χ4n) is 3.08. The zero-order valence-corrected chi connectivity index (χ0v) is 14.4. The van der Waals surface area contributed by atoms with Crippen molar-refractivity contribution in [3.8, 4) is 5.75 Å². The molecule has 1 aliphatic rings. The lowest BCUT2D eigenvalue weighted by atomic mass is 10.2. The van der Waals surface area contributed by atoms with Crippen molar-refractivity contribution in [3.63, 3.8) is 0 Å². The highest BCUT2D eigenvalue weighted by Gasteiger charge is 2.32. The number of para-hydroxylation sites is 2. The van der Waals surface area contributed by atoms with Crippen LogP contribution in [-0.2, 0) is 23.1 Å². The third kappa shape index (κ3) is 3.81. The zero-order valence-electron chi connectivity index (χ0n) is 14.4. The fraction of sp³-hybridized carbons (Fsp3) is 0.389. The lowest BCUT2D eigenvalue weighted by Gasteiger charge is -2.19. The minimum Gasteiger partial charge on any atom is -0.495 e. The van der Waals surface area contributed by atoms with Crippen molar-refractivity contribution < 1.29 is 14.3 Å². The predicted molar refractivity (Wildman–Crippen MR) is 93.4 cm³/mol. The van der Waals surface area contributed by atoms with Crippen LogP contribution in [0.4, 0.5) is 5.69 Å². The van der Waals surface area contributed by atoms with Gasteiger partial charge in [-0.3, -0.25) is 14.3 Å². The average molecular weight is 342 g/mol. The fourth-order valence-corrected chi connectivity index (χ4v) is 3.08. The molecule has 1 aliphatic heterocycles. The van der Waals surface area contributed by atoms with Gasteiger partial charge < -0.3 is 15.0 Å². The number of nitrogens with one attached hydrogen (secondary N) is 1. The number of hydrogen-bond donors (Lipinski definition) is 1. The van der Waals surface area contributed by atoms with Crippen LogP contribution in [0.2, 0.25) is 0 Å². The van der Waals surface area contributed by atoms with E-state index in [1.54, 1.807) is 22.9 Å². The number of anilines is 1. The normalized spacial score (nSPS) is 17.0. The van der Waals surface area contributed by atoms with Crippen LogP contribution in [0.3, 0.4) is 0 Å². The van der Waals surface area contributed by atoms with Crippen molar-refractivity contribution in [3.05, 3.63) is 42.2 Å². The van der Waals surface area contributed by atoms with E-state index >= 15 is 0 Å². The summed E-state index contributed by atoms with van der Waals surface area (Å²) in [6.07, 6.45) is 3.02. The molecule has 0 radical (unpaired) electrons. The highest BCUT2D eigenvalue weighted by molar-refractivity contribution is 5.98. The number of ether oxygens (including phenoxy) is 1. The molecular formula is C18H22N4O3. The van der Waals surface area contributed by atoms with Crippen molar-refractivity contribution in [2.75, 3.05) is 18.6 Å². The second kappa shape index (κ2) is 7.38. The summed E-state index contributed by atoms with van der Waals surface area (Å²) in [5, 5.41) is 7.05. The van der Waals surface area contributed by atoms with Crippen LogP contribution in [0, 0.1) is 0 Å². The summed E-state index contributed by atoms with van der Waals surface area (Å²) in [5.41, 5.74) is 1.75. The van der Waals surface area contributed by atoms with Crippen LogP contribution in [0.5, 0.6) is 5.75 Å². The minimum atomic E-state index is -0.184. The number of aromatic nitrogens is 2. The average Bonchev–Trinajstić information content (AvgIpc) is 3.18. The molecule has 2 aromatic rings. The van der Waals surface area contributed by atoms with Crippen molar-refractivity contribution in [2.45, 2.75) is 25.3 Å². The third-order valence-electron chi connectivity index (χ3n) is 4.40. The van der Waals surface area contributed by atoms with Crippen molar-refractivity contribution in [2.24, 2.45) is 7.05 Å². The molecule has 7 nitrogen and oxygen atoms in total. The van der Waals surface area contributed by atoms with E-state index in [0.717, 1.165) is 11.4 Å². The number of benzene rings is 1. The smallest absolute Gasteiger partial charge is 0.229 e. The number of hydrogen-bond acceptors (Lipinski definition) is 4. The van der Waals surface area contributed by atoms with Gasteiger partial charge in [0.15, 0.2) is 0 Å². The molecule has 1 fully saturated rings. The van der Waals surface area contributed by atoms with Gasteiger partial charge in [-0.1, -0.05) is 12.1 Å². The first-order valence-corrected chi connectivity index (χ1v) is 8.28. The Labute approximate surface area is 146 Å². The van der Waals surface area contributed by atoms with Gasteiger partial charge in [-0.2, -0.15) is 5.10 Å². The molecule has 3 rings (SSSR count). The lowest BCUT2D eigenvalue weighted by Crippen LogP contribution is -2.37. The number of carbonyl (C=O) groups excluding carboxylic acids is 2. The largest absolute Gasteiger partial charge is 0.495 e. The number of rotatable bonds is 6. The molecular weight excluding hydrogens is 320 g/mol. The Morgan fingerprint density at radius 1 is 1.36 bits per heavy atom. The molecule has 1 aromatic heterocycles. The highest BCUT2D eigenvalue weighted by Crippen LogP contribution is 2.30. The maximum atomic E-state index is 12.3. The summed E-state index contributed by atoms with van der Waals surface area (Å²) in [6.45, 7) is 0.455. The maximum absolute atomic E-state index is 12.3. The van der Waals surface area contributed by atoms with E-state index in [2.05, 4.69) is 10.4 Å². The first-order valence-electron chi connectivity index (χ1n) is 8.28. The summed E-state index contributed by atoms with van der Waals surface area (Å²) in [4.78, 5) is 26.2. The first-order chi connectivity index (χ1) is 12.1. The number of aryl methyl sites for hydroxylation is 2. The van der Waals surface area contributed by atoms with E-state index in [0.29, 0.717) is 31.6 Å². The second-order valence-electron chi connectivity index (χ2n) is 6.09. The van der Waals surface area contributed by atoms with Gasteiger partial charge in [0.2, 0.25) is 11.8 Å². The van der Waals surface area contributed by atoms with Crippen molar-refractivity contribution in [1.29, 1.82) is 0 Å². The van der Waals surface area contributed by atoms with E-state index in [4.69, 9.17) is 4.74 Å². The Kier molecular flexibility index (Phi) is 5.02. The molecule has 132 valence electrons. The van der Waals surface area contributed by atoms with Gasteiger partial charge in [0.05, 0.1) is 18.8 Å². The Hall–Kier alpha value is -2.83. The topological polar surface area (TPSA) is 76.5 Å². The summed E-state index contributed by atoms with van der Waals surface area (Å²) < 4.78 is 7.08. The molecule has 1 atom stereocenters. The van der Waals surface area contributed by atoms with Crippen LogP contribution in [-0.4, -0.2) is 41.3 Å². The van der Waals surface area contributed by atoms with E-state index in [-0.39, 0.29) is 17.9 Å². The van der Waals surface area contributed by atoms with Crippen LogP contribution in [0.25, 0.3) is 0 Å². The Morgan fingerprint density at radius 2 is 2.16 bits per heavy atom. The summed E-state index contributed by atoms with van der Waals surface area (Å²) >= 11 is 0. The molecule has 0 bridgehead atoms. The van der Waals surface area contributed by atoms with E-state index in [9.17, 15) is 9.59 Å². The number of amides is 2. The molecule has 25 heavy (non-hydrogen) atoms. The molecule has 0 spiro atoms. The Bertz CT molecular complexity index is 771. The summed E-state index contributed by atoms with van der Waals surface area (Å²) in [6, 6.07) is 9.11. The van der Waals surface area contributed by atoms with Gasteiger partial charge >= 0.3 is 0 Å². The quantitative estimate of drug-likeness (QED) is 0.858. The van der Waals surface area contributed by atoms with Crippen LogP contribution in [0.15, 0.2) is 36.5 Å². The molecule has 0 saturated carbocycles. The van der Waals surface area contributed by atoms with Crippen LogP contribution >= 0.6 is 0 Å². The first kappa shape index (κ1) is 17.0. The van der Waals surface area contributed by atoms with Crippen molar-refractivity contribution >= 4 is 17.5 Å². The maximum Gasteiger partial charge on any atom is 0.229 e. The summed E-state index contributed by atoms with van der Waals surface area (Å²) in [7, 11) is 3.44. The number of nitrogens with zero attached hydrogens (tertiary/aromatic N) is 3. The van der Waals surface area contributed by atoms with Gasteiger partial charge in [0.1, 0.15) is 5.75 Å². The van der Waals surface area contributed by atoms with E-state index in [1.807, 2.05) is 37.4 Å². The predicted octanol–water partition coefficient (Wildman–Crippen LogP) is 1.28. The van der Waals surface area contributed by atoms with Gasteiger partial charge in [-0.05, 0) is 24.6 Å². The zero-order chi connectivity index (χ0) is 17.8. The molecule has 0 unspecified atom stereocenters.